The van der Waals surface area contributed by atoms with Gasteiger partial charge >= 0.3 is 0 Å². The highest BCUT2D eigenvalue weighted by molar-refractivity contribution is 7.91. The summed E-state index contributed by atoms with van der Waals surface area (Å²) in [5.74, 6) is -0.255. The number of anilines is 1. The van der Waals surface area contributed by atoms with Gasteiger partial charge in [-0.1, -0.05) is 72.9 Å². The van der Waals surface area contributed by atoms with E-state index in [0.29, 0.717) is 0 Å². The van der Waals surface area contributed by atoms with E-state index in [0.717, 1.165) is 28.0 Å². The predicted octanol–water partition coefficient (Wildman–Crippen LogP) is 3.26. The molecular weight excluding hydrogens is 396 g/mol. The topological polar surface area (TPSA) is 101 Å². The van der Waals surface area contributed by atoms with Crippen molar-refractivity contribution in [3.05, 3.63) is 71.3 Å². The molecular formula is C19H20N4O3S2. The van der Waals surface area contributed by atoms with Crippen LogP contribution >= 0.6 is 11.3 Å². The van der Waals surface area contributed by atoms with Gasteiger partial charge in [-0.2, -0.15) is 4.72 Å². The van der Waals surface area contributed by atoms with Crippen molar-refractivity contribution in [2.45, 2.75) is 30.6 Å². The van der Waals surface area contributed by atoms with Crippen LogP contribution in [-0.2, 0) is 14.8 Å². The summed E-state index contributed by atoms with van der Waals surface area (Å²) in [6, 6.07) is 16.4. The van der Waals surface area contributed by atoms with Crippen molar-refractivity contribution in [1.29, 1.82) is 0 Å². The Morgan fingerprint density at radius 1 is 1.07 bits per heavy atom. The summed E-state index contributed by atoms with van der Waals surface area (Å²) < 4.78 is 28.4. The van der Waals surface area contributed by atoms with E-state index in [-0.39, 0.29) is 21.8 Å². The molecule has 0 aliphatic heterocycles. The van der Waals surface area contributed by atoms with Gasteiger partial charge in [0.25, 0.3) is 10.0 Å². The van der Waals surface area contributed by atoms with Crippen molar-refractivity contribution in [2.75, 3.05) is 5.32 Å². The minimum Gasteiger partial charge on any atom is -0.301 e. The smallest absolute Gasteiger partial charge is 0.270 e. The van der Waals surface area contributed by atoms with Gasteiger partial charge < -0.3 is 5.32 Å². The van der Waals surface area contributed by atoms with Crippen LogP contribution in [0.5, 0.6) is 0 Å². The molecule has 0 aliphatic carbocycles. The summed E-state index contributed by atoms with van der Waals surface area (Å²) in [6.07, 6.45) is 0.267. The number of aromatic nitrogens is 2. The highest BCUT2D eigenvalue weighted by atomic mass is 32.2. The van der Waals surface area contributed by atoms with E-state index in [1.165, 1.54) is 0 Å². The molecule has 0 bridgehead atoms. The Balaban J connectivity index is 1.94. The minimum atomic E-state index is -3.95. The molecule has 0 saturated carbocycles. The molecule has 0 spiro atoms. The molecule has 0 unspecified atom stereocenters. The van der Waals surface area contributed by atoms with Gasteiger partial charge in [0, 0.05) is 6.42 Å². The number of nitrogens with one attached hydrogen (secondary N) is 2. The van der Waals surface area contributed by atoms with Crippen molar-refractivity contribution >= 4 is 32.4 Å². The van der Waals surface area contributed by atoms with E-state index < -0.39 is 16.1 Å². The van der Waals surface area contributed by atoms with Crippen LogP contribution < -0.4 is 10.0 Å². The standard InChI is InChI=1S/C19H20N4O3S2/c1-3-16(24)20-18-21-22-19(27-18)28(25,26)23-17(14-10-5-4-6-11-14)15-12-8-7-9-13(15)2/h4-12,17,23H,3H2,1-2H3,(H,20,21,24)/t17-/m0/s1. The first kappa shape index (κ1) is 20.1. The molecule has 1 atom stereocenters. The normalized spacial score (nSPS) is 12.5. The molecule has 1 amide bonds. The van der Waals surface area contributed by atoms with Gasteiger partial charge in [0.2, 0.25) is 15.4 Å². The van der Waals surface area contributed by atoms with Crippen LogP contribution in [0.1, 0.15) is 36.1 Å². The Hall–Kier alpha value is -2.62. The number of nitrogens with zero attached hydrogens (tertiary/aromatic N) is 2. The molecule has 1 heterocycles. The molecule has 0 aliphatic rings. The fourth-order valence-corrected chi connectivity index (χ4v) is 4.79. The molecule has 146 valence electrons. The fraction of sp³-hybridized carbons (Fsp3) is 0.211. The number of hydrogen-bond acceptors (Lipinski definition) is 6. The SMILES string of the molecule is CCC(=O)Nc1nnc(S(=O)(=O)N[C@@H](c2ccccc2)c2ccccc2C)s1. The second-order valence-corrected chi connectivity index (χ2v) is 8.96. The van der Waals surface area contributed by atoms with Crippen LogP contribution in [0, 0.1) is 6.92 Å². The summed E-state index contributed by atoms with van der Waals surface area (Å²) in [7, 11) is -3.95. The third kappa shape index (κ3) is 4.61. The average Bonchev–Trinajstić information content (AvgIpc) is 3.17. The first-order valence-corrected chi connectivity index (χ1v) is 11.0. The summed E-state index contributed by atoms with van der Waals surface area (Å²) >= 11 is 0.815. The van der Waals surface area contributed by atoms with E-state index in [1.54, 1.807) is 6.92 Å². The number of sulfonamides is 1. The zero-order valence-corrected chi connectivity index (χ0v) is 17.0. The molecule has 3 aromatic rings. The number of carbonyl (C=O) groups is 1. The molecule has 2 N–H and O–H groups in total. The lowest BCUT2D eigenvalue weighted by Gasteiger charge is -2.20. The van der Waals surface area contributed by atoms with Crippen LogP contribution in [0.15, 0.2) is 58.9 Å². The molecule has 3 rings (SSSR count). The zero-order valence-electron chi connectivity index (χ0n) is 15.4. The monoisotopic (exact) mass is 416 g/mol. The Labute approximate surface area is 167 Å². The van der Waals surface area contributed by atoms with E-state index in [1.807, 2.05) is 61.5 Å². The van der Waals surface area contributed by atoms with E-state index in [4.69, 9.17) is 0 Å². The maximum absolute atomic E-state index is 13.0. The quantitative estimate of drug-likeness (QED) is 0.576. The van der Waals surface area contributed by atoms with E-state index in [9.17, 15) is 13.2 Å². The summed E-state index contributed by atoms with van der Waals surface area (Å²) in [4.78, 5) is 11.5. The molecule has 0 radical (unpaired) electrons. The molecule has 0 fully saturated rings. The molecule has 2 aromatic carbocycles. The first-order valence-electron chi connectivity index (χ1n) is 8.67. The number of rotatable bonds is 7. The van der Waals surface area contributed by atoms with Crippen LogP contribution in [0.4, 0.5) is 5.13 Å². The molecule has 7 nitrogen and oxygen atoms in total. The van der Waals surface area contributed by atoms with Crippen LogP contribution in [0.25, 0.3) is 0 Å². The lowest BCUT2D eigenvalue weighted by atomic mass is 9.96. The second-order valence-electron chi connectivity index (χ2n) is 6.10. The fourth-order valence-electron chi connectivity index (χ4n) is 2.65. The van der Waals surface area contributed by atoms with Gasteiger partial charge in [0.15, 0.2) is 0 Å². The van der Waals surface area contributed by atoms with Crippen molar-refractivity contribution in [1.82, 2.24) is 14.9 Å². The van der Waals surface area contributed by atoms with Crippen LogP contribution in [0.2, 0.25) is 0 Å². The van der Waals surface area contributed by atoms with Crippen LogP contribution in [-0.4, -0.2) is 24.5 Å². The highest BCUT2D eigenvalue weighted by Crippen LogP contribution is 2.28. The van der Waals surface area contributed by atoms with Gasteiger partial charge in [-0.05, 0) is 23.6 Å². The van der Waals surface area contributed by atoms with Crippen molar-refractivity contribution in [2.24, 2.45) is 0 Å². The minimum absolute atomic E-state index is 0.152. The highest BCUT2D eigenvalue weighted by Gasteiger charge is 2.27. The zero-order chi connectivity index (χ0) is 20.1. The number of aryl methyl sites for hydroxylation is 1. The molecule has 0 saturated heterocycles. The molecule has 1 aromatic heterocycles. The van der Waals surface area contributed by atoms with Crippen molar-refractivity contribution in [3.63, 3.8) is 0 Å². The first-order chi connectivity index (χ1) is 13.4. The van der Waals surface area contributed by atoms with Crippen molar-refractivity contribution in [3.8, 4) is 0 Å². The largest absolute Gasteiger partial charge is 0.301 e. The van der Waals surface area contributed by atoms with E-state index in [2.05, 4.69) is 20.2 Å². The summed E-state index contributed by atoms with van der Waals surface area (Å²) in [5.41, 5.74) is 2.62. The summed E-state index contributed by atoms with van der Waals surface area (Å²) in [5, 5.41) is 10.2. The predicted molar refractivity (Wildman–Crippen MR) is 109 cm³/mol. The summed E-state index contributed by atoms with van der Waals surface area (Å²) in [6.45, 7) is 3.63. The van der Waals surface area contributed by atoms with Gasteiger partial charge in [0.1, 0.15) is 0 Å². The Morgan fingerprint density at radius 3 is 2.43 bits per heavy atom. The molecule has 9 heteroatoms. The Morgan fingerprint density at radius 2 is 1.75 bits per heavy atom. The maximum Gasteiger partial charge on any atom is 0.270 e. The third-order valence-electron chi connectivity index (χ3n) is 4.11. The Kier molecular flexibility index (Phi) is 6.18. The number of hydrogen-bond donors (Lipinski definition) is 2. The number of carbonyl (C=O) groups excluding carboxylic acids is 1. The van der Waals surface area contributed by atoms with E-state index >= 15 is 0 Å². The Bertz CT molecular complexity index is 1070. The number of benzene rings is 2. The van der Waals surface area contributed by atoms with Gasteiger partial charge in [-0.25, -0.2) is 8.42 Å². The van der Waals surface area contributed by atoms with Gasteiger partial charge in [0.05, 0.1) is 6.04 Å². The van der Waals surface area contributed by atoms with Gasteiger partial charge in [-0.15, -0.1) is 10.2 Å². The number of amides is 1. The third-order valence-corrected chi connectivity index (χ3v) is 6.74. The second kappa shape index (κ2) is 8.59. The van der Waals surface area contributed by atoms with Crippen molar-refractivity contribution < 1.29 is 13.2 Å². The lowest BCUT2D eigenvalue weighted by molar-refractivity contribution is -0.115. The lowest BCUT2D eigenvalue weighted by Crippen LogP contribution is -2.30. The van der Waals surface area contributed by atoms with Crippen LogP contribution in [0.3, 0.4) is 0 Å². The average molecular weight is 417 g/mol. The van der Waals surface area contributed by atoms with Gasteiger partial charge in [-0.3, -0.25) is 4.79 Å². The molecule has 28 heavy (non-hydrogen) atoms. The maximum atomic E-state index is 13.0.